The highest BCUT2D eigenvalue weighted by Crippen LogP contribution is 2.13. The van der Waals surface area contributed by atoms with Crippen molar-refractivity contribution in [1.82, 2.24) is 36.0 Å². The molecular weight excluding hydrogens is 1040 g/mol. The van der Waals surface area contributed by atoms with Gasteiger partial charge in [-0.2, -0.15) is 13.2 Å². The van der Waals surface area contributed by atoms with Gasteiger partial charge in [0.25, 0.3) is 0 Å². The number of nitrogens with zero attached hydrogens (tertiary/aromatic N) is 3. The number of alkyl halides is 3. The number of rotatable bonds is 16. The first kappa shape index (κ1) is 75.1. The van der Waals surface area contributed by atoms with E-state index >= 15 is 0 Å². The van der Waals surface area contributed by atoms with Gasteiger partial charge in [-0.05, 0) is 59.3 Å². The largest absolute Gasteiger partial charge is 0.480 e. The Morgan fingerprint density at radius 3 is 1.18 bits per heavy atom. The van der Waals surface area contributed by atoms with Gasteiger partial charge in [0.2, 0.25) is 35.8 Å². The van der Waals surface area contributed by atoms with Crippen molar-refractivity contribution < 1.29 is 85.1 Å². The monoisotopic (exact) mass is 1120 g/mol. The van der Waals surface area contributed by atoms with Gasteiger partial charge in [-0.25, -0.2) is 14.4 Å². The van der Waals surface area contributed by atoms with Crippen molar-refractivity contribution in [2.24, 2.45) is 29.2 Å². The van der Waals surface area contributed by atoms with E-state index in [-0.39, 0.29) is 79.3 Å². The Bertz CT molecular complexity index is 1730. The molecule has 7 amide bonds. The van der Waals surface area contributed by atoms with Crippen LogP contribution in [-0.4, -0.2) is 208 Å². The van der Waals surface area contributed by atoms with Gasteiger partial charge in [0.1, 0.15) is 23.3 Å². The van der Waals surface area contributed by atoms with Crippen molar-refractivity contribution in [3.63, 3.8) is 0 Å². The number of carbonyl (C=O) groups is 9. The molecule has 3 heterocycles. The minimum absolute atomic E-state index is 0. The van der Waals surface area contributed by atoms with Gasteiger partial charge in [0.05, 0.1) is 65.3 Å². The second kappa shape index (κ2) is 39.3. The molecule has 3 aliphatic rings. The summed E-state index contributed by atoms with van der Waals surface area (Å²) in [5.74, 6) is -2.02. The summed E-state index contributed by atoms with van der Waals surface area (Å²) in [4.78, 5) is 107. The fraction of sp³-hybridized carbons (Fsp3) is 0.812. The lowest BCUT2D eigenvalue weighted by Gasteiger charge is -2.28. The molecule has 28 heteroatoms. The van der Waals surface area contributed by atoms with Crippen LogP contribution in [0.4, 0.5) is 22.8 Å². The minimum Gasteiger partial charge on any atom is -0.480 e. The van der Waals surface area contributed by atoms with Crippen LogP contribution >= 0.6 is 12.4 Å². The first-order chi connectivity index (χ1) is 34.8. The molecule has 76 heavy (non-hydrogen) atoms. The van der Waals surface area contributed by atoms with Crippen LogP contribution in [-0.2, 0) is 57.2 Å². The topological polar surface area (TPSA) is 330 Å². The van der Waals surface area contributed by atoms with Crippen LogP contribution in [0, 0.1) is 17.8 Å². The number of carbonyl (C=O) groups excluding carboxylic acids is 8. The van der Waals surface area contributed by atoms with E-state index in [4.69, 9.17) is 45.1 Å². The Morgan fingerprint density at radius 2 is 0.895 bits per heavy atom. The van der Waals surface area contributed by atoms with Crippen LogP contribution in [0.15, 0.2) is 0 Å². The van der Waals surface area contributed by atoms with Crippen molar-refractivity contribution in [2.75, 3.05) is 98.5 Å². The average Bonchev–Trinajstić information content (AvgIpc) is 3.36. The molecule has 3 saturated heterocycles. The highest BCUT2D eigenvalue weighted by Gasteiger charge is 2.31. The summed E-state index contributed by atoms with van der Waals surface area (Å²) in [6, 6.07) is -2.20. The molecule has 0 spiro atoms. The fourth-order valence-electron chi connectivity index (χ4n) is 6.11. The summed E-state index contributed by atoms with van der Waals surface area (Å²) in [6.07, 6.45) is -4.83. The van der Waals surface area contributed by atoms with E-state index in [0.717, 1.165) is 6.42 Å². The number of alkyl carbamates (subject to hydrolysis) is 2. The van der Waals surface area contributed by atoms with Gasteiger partial charge in [-0.3, -0.25) is 28.8 Å². The average molecular weight is 1120 g/mol. The van der Waals surface area contributed by atoms with Crippen molar-refractivity contribution in [3.05, 3.63) is 0 Å². The third-order valence-electron chi connectivity index (χ3n) is 11.1. The zero-order valence-electron chi connectivity index (χ0n) is 46.5. The normalized spacial score (nSPS) is 16.8. The number of hydrogen-bond acceptors (Lipinski definition) is 16. The van der Waals surface area contributed by atoms with Crippen LogP contribution in [0.1, 0.15) is 102 Å². The van der Waals surface area contributed by atoms with Crippen molar-refractivity contribution in [1.29, 1.82) is 0 Å². The summed E-state index contributed by atoms with van der Waals surface area (Å²) in [6.45, 7) is 28.9. The van der Waals surface area contributed by atoms with Crippen LogP contribution in [0.3, 0.4) is 0 Å². The lowest BCUT2D eigenvalue weighted by Crippen LogP contribution is -2.53. The number of nitrogens with one attached hydrogen (secondary N) is 4. The van der Waals surface area contributed by atoms with E-state index in [2.05, 4.69) is 21.3 Å². The Hall–Kier alpha value is -5.09. The summed E-state index contributed by atoms with van der Waals surface area (Å²) in [5, 5.41) is 19.1. The minimum atomic E-state index is -4.64. The molecule has 3 fully saturated rings. The van der Waals surface area contributed by atoms with Crippen molar-refractivity contribution in [3.8, 4) is 0 Å². The molecule has 0 aromatic rings. The molecule has 444 valence electrons. The van der Waals surface area contributed by atoms with Crippen LogP contribution in [0.5, 0.6) is 0 Å². The predicted octanol–water partition coefficient (Wildman–Crippen LogP) is 2.22. The summed E-state index contributed by atoms with van der Waals surface area (Å²) in [7, 11) is 0. The number of morpholine rings is 3. The number of nitrogens with two attached hydrogens (primary N) is 2. The second-order valence-electron chi connectivity index (χ2n) is 19.5. The number of aliphatic carboxylic acids is 1. The van der Waals surface area contributed by atoms with E-state index in [1.54, 1.807) is 63.2 Å². The summed E-state index contributed by atoms with van der Waals surface area (Å²) >= 11 is 0. The molecule has 24 nitrogen and oxygen atoms in total. The lowest BCUT2D eigenvalue weighted by molar-refractivity contribution is -0.156. The third-order valence-corrected chi connectivity index (χ3v) is 11.1. The standard InChI is InChI=1S/C17H31N3O5.C12H23N3O3.C11H21NO4.C6H12N2O2.C2HF3O.ClH/c1-6-12(2)14(19-16(23)25-17(3,4)5)15(22)18-11-13(21)20-7-9-24-10-8-20;1-3-9(2)11(13)12(17)14-8-10(16)15-4-6-18-7-5-15;1-6-7(2)8(9(13)14)12-10(15)16-11(3,4)5;7-5-6(9)8-1-3-10-4-2-8;3-2(4,5)1-6;/h12,14H,6-11H2,1-5H3,(H,18,22)(H,19,23);9,11H,3-8,13H2,1-2H3,(H,14,17);7-8H,6H2,1-5H3,(H,12,15)(H,13,14);1-5,7H2;1H;1H/t12-,14-;9-,11-;7-,8-;;;/m000.../s1. The number of carboxylic acids is 1. The molecule has 0 saturated carbocycles. The zero-order chi connectivity index (χ0) is 58.1. The van der Waals surface area contributed by atoms with Crippen LogP contribution in [0.25, 0.3) is 0 Å². The number of aldehydes is 1. The van der Waals surface area contributed by atoms with Crippen molar-refractivity contribution in [2.45, 2.75) is 138 Å². The number of amides is 7. The fourth-order valence-corrected chi connectivity index (χ4v) is 6.11. The molecule has 6 atom stereocenters. The third kappa shape index (κ3) is 36.0. The first-order valence-corrected chi connectivity index (χ1v) is 25.1. The molecule has 0 aromatic carbocycles. The highest BCUT2D eigenvalue weighted by molar-refractivity contribution is 5.90. The van der Waals surface area contributed by atoms with Gasteiger partial charge in [-0.1, -0.05) is 60.8 Å². The highest BCUT2D eigenvalue weighted by atomic mass is 35.5. The Kier molecular flexibility index (Phi) is 38.9. The Morgan fingerprint density at radius 1 is 0.592 bits per heavy atom. The maximum absolute atomic E-state index is 12.5. The van der Waals surface area contributed by atoms with E-state index < -0.39 is 59.9 Å². The summed E-state index contributed by atoms with van der Waals surface area (Å²) < 4.78 is 56.9. The quantitative estimate of drug-likeness (QED) is 0.109. The number of carboxylic acid groups (broad SMARTS) is 1. The maximum Gasteiger partial charge on any atom is 0.446 e. The smallest absolute Gasteiger partial charge is 0.446 e. The molecule has 3 aliphatic heterocycles. The van der Waals surface area contributed by atoms with E-state index in [9.17, 15) is 51.5 Å². The van der Waals surface area contributed by atoms with Gasteiger partial charge in [0, 0.05) is 39.3 Å². The summed E-state index contributed by atoms with van der Waals surface area (Å²) in [5.41, 5.74) is 9.68. The second-order valence-corrected chi connectivity index (χ2v) is 19.5. The van der Waals surface area contributed by atoms with Gasteiger partial charge >= 0.3 is 24.3 Å². The molecular formula is C48H89ClF3N9O15. The lowest BCUT2D eigenvalue weighted by atomic mass is 9.98. The molecule has 9 N–H and O–H groups in total. The maximum atomic E-state index is 12.5. The number of hydrogen-bond donors (Lipinski definition) is 7. The SMILES string of the molecule is CC[C@H](C)[C@H](N)C(=O)NCC(=O)N1CCOCC1.CC[C@H](C)[C@H](NC(=O)OC(C)(C)C)C(=O)NCC(=O)N1CCOCC1.CC[C@H](C)[C@H](NC(=O)OC(C)(C)C)C(=O)O.Cl.NCC(=O)N1CCOCC1.O=CC(F)(F)F. The molecule has 0 bridgehead atoms. The van der Waals surface area contributed by atoms with Crippen LogP contribution < -0.4 is 32.7 Å². The molecule has 0 radical (unpaired) electrons. The molecule has 0 unspecified atom stereocenters. The van der Waals surface area contributed by atoms with E-state index in [0.29, 0.717) is 91.8 Å². The van der Waals surface area contributed by atoms with E-state index in [1.807, 2.05) is 34.6 Å². The zero-order valence-corrected chi connectivity index (χ0v) is 47.3. The molecule has 0 aromatic heterocycles. The Labute approximate surface area is 452 Å². The van der Waals surface area contributed by atoms with E-state index in [1.165, 1.54) is 0 Å². The van der Waals surface area contributed by atoms with Gasteiger partial charge < -0.3 is 76.2 Å². The van der Waals surface area contributed by atoms with Crippen LogP contribution in [0.2, 0.25) is 0 Å². The van der Waals surface area contributed by atoms with Gasteiger partial charge in [-0.15, -0.1) is 12.4 Å². The molecule has 0 aliphatic carbocycles. The number of ether oxygens (including phenoxy) is 5. The number of halogens is 4. The van der Waals surface area contributed by atoms with Gasteiger partial charge in [0.15, 0.2) is 0 Å². The van der Waals surface area contributed by atoms with Crippen molar-refractivity contribution >= 4 is 66.4 Å². The Balaban J connectivity index is -0.000000930. The molecule has 3 rings (SSSR count). The first-order valence-electron chi connectivity index (χ1n) is 25.1. The predicted molar refractivity (Wildman–Crippen MR) is 277 cm³/mol.